The lowest BCUT2D eigenvalue weighted by atomic mass is 10.2. The molecule has 2 aromatic heterocycles. The molecule has 3 aromatic rings. The Balaban J connectivity index is 1.75. The van der Waals surface area contributed by atoms with E-state index in [0.717, 1.165) is 11.3 Å². The summed E-state index contributed by atoms with van der Waals surface area (Å²) < 4.78 is 5.08. The zero-order valence-electron chi connectivity index (χ0n) is 11.2. The Morgan fingerprint density at radius 2 is 2.14 bits per heavy atom. The quantitative estimate of drug-likeness (QED) is 0.573. The third-order valence-corrected chi connectivity index (χ3v) is 3.64. The minimum absolute atomic E-state index is 0.177. The zero-order chi connectivity index (χ0) is 14.7. The van der Waals surface area contributed by atoms with E-state index in [-0.39, 0.29) is 5.56 Å². The van der Waals surface area contributed by atoms with Gasteiger partial charge in [-0.1, -0.05) is 0 Å². The number of aromatic amines is 1. The molecule has 6 nitrogen and oxygen atoms in total. The predicted molar refractivity (Wildman–Crippen MR) is 84.5 cm³/mol. The van der Waals surface area contributed by atoms with Gasteiger partial charge in [-0.15, -0.1) is 11.3 Å². The summed E-state index contributed by atoms with van der Waals surface area (Å²) in [7, 11) is 1.62. The minimum atomic E-state index is -0.177. The van der Waals surface area contributed by atoms with Gasteiger partial charge in [0.2, 0.25) is 5.95 Å². The molecule has 0 aliphatic rings. The van der Waals surface area contributed by atoms with Gasteiger partial charge in [0, 0.05) is 0 Å². The topological polar surface area (TPSA) is 79.4 Å². The van der Waals surface area contributed by atoms with Gasteiger partial charge in [0.1, 0.15) is 10.6 Å². The molecule has 0 saturated carbocycles. The number of ether oxygens (including phenoxy) is 1. The standard InChI is InChI=1S/C14H12N4O2S/c1-20-10-4-2-9(3-5-10)8-15-18-14-16-12(19)11-6-7-21-13(11)17-14/h2-8H,1H3,(H2,16,17,18,19)/b15-8+. The van der Waals surface area contributed by atoms with E-state index in [1.165, 1.54) is 11.3 Å². The van der Waals surface area contributed by atoms with Crippen LogP contribution >= 0.6 is 11.3 Å². The van der Waals surface area contributed by atoms with Crippen LogP contribution in [-0.4, -0.2) is 23.3 Å². The Hall–Kier alpha value is -2.67. The molecule has 0 aliphatic heterocycles. The summed E-state index contributed by atoms with van der Waals surface area (Å²) in [5.41, 5.74) is 3.45. The third-order valence-electron chi connectivity index (χ3n) is 2.83. The van der Waals surface area contributed by atoms with Crippen LogP contribution in [0.15, 0.2) is 45.6 Å². The van der Waals surface area contributed by atoms with E-state index in [0.29, 0.717) is 16.2 Å². The Bertz CT molecular complexity index is 836. The second-order valence-electron chi connectivity index (χ2n) is 4.20. The van der Waals surface area contributed by atoms with Crippen molar-refractivity contribution in [1.29, 1.82) is 0 Å². The van der Waals surface area contributed by atoms with Crippen LogP contribution in [0.3, 0.4) is 0 Å². The summed E-state index contributed by atoms with van der Waals surface area (Å²) in [6, 6.07) is 9.19. The van der Waals surface area contributed by atoms with Gasteiger partial charge in [-0.05, 0) is 41.3 Å². The fraction of sp³-hybridized carbons (Fsp3) is 0.0714. The molecule has 0 aliphatic carbocycles. The molecule has 0 saturated heterocycles. The first kappa shape index (κ1) is 13.3. The molecule has 7 heteroatoms. The fourth-order valence-electron chi connectivity index (χ4n) is 1.78. The van der Waals surface area contributed by atoms with Crippen LogP contribution in [0.4, 0.5) is 5.95 Å². The van der Waals surface area contributed by atoms with Crippen molar-refractivity contribution in [2.75, 3.05) is 12.5 Å². The molecule has 0 fully saturated rings. The molecule has 2 heterocycles. The number of benzene rings is 1. The molecule has 106 valence electrons. The van der Waals surface area contributed by atoms with Crippen molar-refractivity contribution in [1.82, 2.24) is 9.97 Å². The number of hydrogen-bond acceptors (Lipinski definition) is 6. The second-order valence-corrected chi connectivity index (χ2v) is 5.09. The summed E-state index contributed by atoms with van der Waals surface area (Å²) in [6.07, 6.45) is 1.64. The van der Waals surface area contributed by atoms with Crippen LogP contribution in [0, 0.1) is 0 Å². The number of aromatic nitrogens is 2. The maximum atomic E-state index is 11.8. The van der Waals surface area contributed by atoms with Gasteiger partial charge >= 0.3 is 0 Å². The first-order chi connectivity index (χ1) is 10.3. The Kier molecular flexibility index (Phi) is 3.65. The normalized spacial score (nSPS) is 11.1. The number of anilines is 1. The highest BCUT2D eigenvalue weighted by Crippen LogP contribution is 2.15. The average Bonchev–Trinajstić information content (AvgIpc) is 2.97. The highest BCUT2D eigenvalue weighted by atomic mass is 32.1. The lowest BCUT2D eigenvalue weighted by Crippen LogP contribution is -2.09. The van der Waals surface area contributed by atoms with Crippen LogP contribution in [0.25, 0.3) is 10.2 Å². The number of rotatable bonds is 4. The highest BCUT2D eigenvalue weighted by molar-refractivity contribution is 7.16. The highest BCUT2D eigenvalue weighted by Gasteiger charge is 2.03. The van der Waals surface area contributed by atoms with Crippen molar-refractivity contribution in [3.63, 3.8) is 0 Å². The van der Waals surface area contributed by atoms with E-state index in [1.54, 1.807) is 19.4 Å². The second kappa shape index (κ2) is 5.76. The zero-order valence-corrected chi connectivity index (χ0v) is 12.0. The van der Waals surface area contributed by atoms with Crippen molar-refractivity contribution in [3.8, 4) is 5.75 Å². The molecule has 0 spiro atoms. The molecule has 21 heavy (non-hydrogen) atoms. The van der Waals surface area contributed by atoms with Crippen molar-refractivity contribution in [3.05, 3.63) is 51.6 Å². The molecule has 0 radical (unpaired) electrons. The minimum Gasteiger partial charge on any atom is -0.497 e. The van der Waals surface area contributed by atoms with Gasteiger partial charge < -0.3 is 4.74 Å². The Labute approximate surface area is 124 Å². The van der Waals surface area contributed by atoms with E-state index in [9.17, 15) is 4.79 Å². The van der Waals surface area contributed by atoms with E-state index in [4.69, 9.17) is 4.74 Å². The lowest BCUT2D eigenvalue weighted by Gasteiger charge is -2.00. The summed E-state index contributed by atoms with van der Waals surface area (Å²) in [4.78, 5) is 19.4. The van der Waals surface area contributed by atoms with Crippen molar-refractivity contribution in [2.45, 2.75) is 0 Å². The third kappa shape index (κ3) is 2.92. The van der Waals surface area contributed by atoms with Gasteiger partial charge in [0.15, 0.2) is 0 Å². The van der Waals surface area contributed by atoms with Crippen LogP contribution in [0.5, 0.6) is 5.75 Å². The number of nitrogens with one attached hydrogen (secondary N) is 2. The molecule has 0 amide bonds. The number of hydrazone groups is 1. The number of fused-ring (bicyclic) bond motifs is 1. The molecule has 0 atom stereocenters. The maximum absolute atomic E-state index is 11.8. The van der Waals surface area contributed by atoms with Gasteiger partial charge in [-0.25, -0.2) is 10.4 Å². The van der Waals surface area contributed by atoms with Crippen LogP contribution < -0.4 is 15.7 Å². The van der Waals surface area contributed by atoms with Crippen LogP contribution in [0.2, 0.25) is 0 Å². The van der Waals surface area contributed by atoms with Gasteiger partial charge in [-0.3, -0.25) is 9.78 Å². The predicted octanol–water partition coefficient (Wildman–Crippen LogP) is 2.44. The van der Waals surface area contributed by atoms with Gasteiger partial charge in [0.05, 0.1) is 18.7 Å². The van der Waals surface area contributed by atoms with E-state index >= 15 is 0 Å². The van der Waals surface area contributed by atoms with Gasteiger partial charge in [-0.2, -0.15) is 5.10 Å². The van der Waals surface area contributed by atoms with Crippen molar-refractivity contribution in [2.24, 2.45) is 5.10 Å². The smallest absolute Gasteiger partial charge is 0.261 e. The number of methoxy groups -OCH3 is 1. The van der Waals surface area contributed by atoms with E-state index in [1.807, 2.05) is 29.6 Å². The fourth-order valence-corrected chi connectivity index (χ4v) is 2.54. The summed E-state index contributed by atoms with van der Waals surface area (Å²) in [5, 5.41) is 6.47. The SMILES string of the molecule is COc1ccc(/C=N/Nc2nc3sccc3c(=O)[nH]2)cc1. The Morgan fingerprint density at radius 1 is 1.33 bits per heavy atom. The Morgan fingerprint density at radius 3 is 2.90 bits per heavy atom. The number of nitrogens with zero attached hydrogens (tertiary/aromatic N) is 2. The molecule has 3 rings (SSSR count). The van der Waals surface area contributed by atoms with Crippen LogP contribution in [0.1, 0.15) is 5.56 Å². The summed E-state index contributed by atoms with van der Waals surface area (Å²) in [6.45, 7) is 0. The largest absolute Gasteiger partial charge is 0.497 e. The molecule has 0 unspecified atom stereocenters. The van der Waals surface area contributed by atoms with Crippen molar-refractivity contribution < 1.29 is 4.74 Å². The average molecular weight is 300 g/mol. The van der Waals surface area contributed by atoms with E-state index < -0.39 is 0 Å². The molecule has 1 aromatic carbocycles. The van der Waals surface area contributed by atoms with E-state index in [2.05, 4.69) is 20.5 Å². The van der Waals surface area contributed by atoms with Gasteiger partial charge in [0.25, 0.3) is 5.56 Å². The summed E-state index contributed by atoms with van der Waals surface area (Å²) >= 11 is 1.41. The molecular formula is C14H12N4O2S. The first-order valence-corrected chi connectivity index (χ1v) is 7.05. The lowest BCUT2D eigenvalue weighted by molar-refractivity contribution is 0.415. The first-order valence-electron chi connectivity index (χ1n) is 6.17. The molecule has 2 N–H and O–H groups in total. The summed E-state index contributed by atoms with van der Waals surface area (Å²) in [5.74, 6) is 1.11. The van der Waals surface area contributed by atoms with Crippen molar-refractivity contribution >= 4 is 33.7 Å². The monoisotopic (exact) mass is 300 g/mol. The number of thiophene rings is 1. The maximum Gasteiger partial charge on any atom is 0.261 e. The number of H-pyrrole nitrogens is 1. The molecular weight excluding hydrogens is 288 g/mol. The molecule has 0 bridgehead atoms. The number of hydrogen-bond donors (Lipinski definition) is 2. The van der Waals surface area contributed by atoms with Crippen LogP contribution in [-0.2, 0) is 0 Å².